The molecular weight excluding hydrogens is 350 g/mol. The topological polar surface area (TPSA) is 60.9 Å². The first kappa shape index (κ1) is 20.7. The van der Waals surface area contributed by atoms with Crippen molar-refractivity contribution in [2.24, 2.45) is 5.92 Å². The second kappa shape index (κ2) is 8.86. The number of piperazine rings is 1. The molecule has 1 fully saturated rings. The molecule has 1 heterocycles. The predicted octanol–water partition coefficient (Wildman–Crippen LogP) is 1.95. The summed E-state index contributed by atoms with van der Waals surface area (Å²) in [6, 6.07) is 8.39. The van der Waals surface area contributed by atoms with Gasteiger partial charge in [0.1, 0.15) is 0 Å². The maximum atomic E-state index is 12.5. The lowest BCUT2D eigenvalue weighted by atomic mass is 10.2. The fourth-order valence-electron chi connectivity index (χ4n) is 3.22. The van der Waals surface area contributed by atoms with Gasteiger partial charge in [-0.05, 0) is 30.5 Å². The van der Waals surface area contributed by atoms with Crippen molar-refractivity contribution in [3.8, 4) is 0 Å². The highest BCUT2D eigenvalue weighted by Gasteiger charge is 2.24. The molecule has 0 aromatic heterocycles. The Morgan fingerprint density at radius 3 is 2.38 bits per heavy atom. The summed E-state index contributed by atoms with van der Waals surface area (Å²) in [4.78, 5) is 16.6. The number of aryl methyl sites for hydroxylation is 1. The van der Waals surface area contributed by atoms with E-state index in [-0.39, 0.29) is 24.8 Å². The number of sulfonamides is 1. The predicted molar refractivity (Wildman–Crippen MR) is 106 cm³/mol. The number of rotatable bonds is 7. The Morgan fingerprint density at radius 1 is 1.19 bits per heavy atom. The van der Waals surface area contributed by atoms with E-state index in [2.05, 4.69) is 36.1 Å². The van der Waals surface area contributed by atoms with Crippen LogP contribution in [0.2, 0.25) is 0 Å². The van der Waals surface area contributed by atoms with E-state index in [0.29, 0.717) is 19.6 Å². The maximum Gasteiger partial charge on any atom is 0.224 e. The van der Waals surface area contributed by atoms with E-state index >= 15 is 0 Å². The Bertz CT molecular complexity index is 710. The summed E-state index contributed by atoms with van der Waals surface area (Å²) in [5.41, 5.74) is 2.42. The van der Waals surface area contributed by atoms with Crippen LogP contribution in [-0.4, -0.2) is 69.1 Å². The van der Waals surface area contributed by atoms with Crippen LogP contribution < -0.4 is 4.90 Å². The molecule has 2 rings (SSSR count). The van der Waals surface area contributed by atoms with Crippen molar-refractivity contribution in [2.75, 3.05) is 50.4 Å². The first-order valence-corrected chi connectivity index (χ1v) is 11.1. The summed E-state index contributed by atoms with van der Waals surface area (Å²) >= 11 is 0. The SMILES string of the molecule is Cc1cccc(N2CCN(C(=O)CCN(CC(C)C)S(C)(=O)=O)CC2)c1. The van der Waals surface area contributed by atoms with Gasteiger partial charge in [-0.2, -0.15) is 0 Å². The molecule has 1 amide bonds. The molecule has 0 bridgehead atoms. The Labute approximate surface area is 157 Å². The molecule has 0 atom stereocenters. The zero-order chi connectivity index (χ0) is 19.3. The number of amides is 1. The largest absolute Gasteiger partial charge is 0.368 e. The highest BCUT2D eigenvalue weighted by molar-refractivity contribution is 7.88. The van der Waals surface area contributed by atoms with Gasteiger partial charge < -0.3 is 9.80 Å². The quantitative estimate of drug-likeness (QED) is 0.724. The van der Waals surface area contributed by atoms with E-state index < -0.39 is 10.0 Å². The Kier molecular flexibility index (Phi) is 7.06. The van der Waals surface area contributed by atoms with Gasteiger partial charge in [0, 0.05) is 51.4 Å². The number of nitrogens with zero attached hydrogens (tertiary/aromatic N) is 3. The fourth-order valence-corrected chi connectivity index (χ4v) is 4.21. The van der Waals surface area contributed by atoms with Crippen molar-refractivity contribution in [1.29, 1.82) is 0 Å². The van der Waals surface area contributed by atoms with E-state index in [9.17, 15) is 13.2 Å². The molecule has 0 radical (unpaired) electrons. The zero-order valence-electron chi connectivity index (χ0n) is 16.3. The molecule has 7 heteroatoms. The van der Waals surface area contributed by atoms with Crippen molar-refractivity contribution in [3.05, 3.63) is 29.8 Å². The lowest BCUT2D eigenvalue weighted by Gasteiger charge is -2.36. The van der Waals surface area contributed by atoms with Gasteiger partial charge in [-0.25, -0.2) is 12.7 Å². The normalized spacial score (nSPS) is 15.8. The summed E-state index contributed by atoms with van der Waals surface area (Å²) in [5, 5.41) is 0. The van der Waals surface area contributed by atoms with Crippen LogP contribution in [0.1, 0.15) is 25.8 Å². The molecule has 26 heavy (non-hydrogen) atoms. The monoisotopic (exact) mass is 381 g/mol. The average Bonchev–Trinajstić information content (AvgIpc) is 2.57. The van der Waals surface area contributed by atoms with E-state index in [1.165, 1.54) is 21.8 Å². The molecule has 0 N–H and O–H groups in total. The average molecular weight is 382 g/mol. The van der Waals surface area contributed by atoms with Crippen LogP contribution >= 0.6 is 0 Å². The van der Waals surface area contributed by atoms with Crippen LogP contribution in [0.4, 0.5) is 5.69 Å². The van der Waals surface area contributed by atoms with E-state index in [4.69, 9.17) is 0 Å². The number of hydrogen-bond acceptors (Lipinski definition) is 4. The van der Waals surface area contributed by atoms with Gasteiger partial charge in [0.15, 0.2) is 0 Å². The second-order valence-electron chi connectivity index (χ2n) is 7.47. The molecule has 1 saturated heterocycles. The van der Waals surface area contributed by atoms with E-state index in [0.717, 1.165) is 13.1 Å². The lowest BCUT2D eigenvalue weighted by molar-refractivity contribution is -0.131. The fraction of sp³-hybridized carbons (Fsp3) is 0.632. The van der Waals surface area contributed by atoms with Gasteiger partial charge in [0.2, 0.25) is 15.9 Å². The number of hydrogen-bond donors (Lipinski definition) is 0. The molecule has 1 aliphatic heterocycles. The lowest BCUT2D eigenvalue weighted by Crippen LogP contribution is -2.49. The molecule has 6 nitrogen and oxygen atoms in total. The van der Waals surface area contributed by atoms with Crippen molar-refractivity contribution in [2.45, 2.75) is 27.2 Å². The van der Waals surface area contributed by atoms with Gasteiger partial charge in [-0.15, -0.1) is 0 Å². The standard InChI is InChI=1S/C19H31N3O3S/c1-16(2)15-22(26(4,24)25)9-8-19(23)21-12-10-20(11-13-21)18-7-5-6-17(3)14-18/h5-7,14,16H,8-13,15H2,1-4H3. The highest BCUT2D eigenvalue weighted by Crippen LogP contribution is 2.18. The Morgan fingerprint density at radius 2 is 1.85 bits per heavy atom. The Balaban J connectivity index is 1.86. The van der Waals surface area contributed by atoms with Crippen molar-refractivity contribution in [1.82, 2.24) is 9.21 Å². The third-order valence-corrected chi connectivity index (χ3v) is 5.88. The zero-order valence-corrected chi connectivity index (χ0v) is 17.1. The summed E-state index contributed by atoms with van der Waals surface area (Å²) in [7, 11) is -3.28. The molecule has 0 unspecified atom stereocenters. The first-order valence-electron chi connectivity index (χ1n) is 9.21. The molecule has 0 spiro atoms. The molecule has 1 aliphatic rings. The summed E-state index contributed by atoms with van der Waals surface area (Å²) < 4.78 is 25.2. The molecule has 1 aromatic rings. The number of benzene rings is 1. The minimum atomic E-state index is -3.28. The van der Waals surface area contributed by atoms with E-state index in [1.54, 1.807) is 0 Å². The third kappa shape index (κ3) is 5.99. The van der Waals surface area contributed by atoms with Crippen molar-refractivity contribution >= 4 is 21.6 Å². The number of carbonyl (C=O) groups excluding carboxylic acids is 1. The highest BCUT2D eigenvalue weighted by atomic mass is 32.2. The molecule has 146 valence electrons. The first-order chi connectivity index (χ1) is 12.2. The van der Waals surface area contributed by atoms with Gasteiger partial charge in [-0.3, -0.25) is 4.79 Å². The summed E-state index contributed by atoms with van der Waals surface area (Å²) in [6.45, 7) is 9.70. The van der Waals surface area contributed by atoms with Crippen LogP contribution in [0.25, 0.3) is 0 Å². The number of anilines is 1. The van der Waals surface area contributed by atoms with Crippen LogP contribution in [-0.2, 0) is 14.8 Å². The van der Waals surface area contributed by atoms with Crippen LogP contribution in [0.3, 0.4) is 0 Å². The summed E-state index contributed by atoms with van der Waals surface area (Å²) in [6.07, 6.45) is 1.45. The maximum absolute atomic E-state index is 12.5. The minimum Gasteiger partial charge on any atom is -0.368 e. The van der Waals surface area contributed by atoms with Crippen LogP contribution in [0.5, 0.6) is 0 Å². The minimum absolute atomic E-state index is 0.0336. The van der Waals surface area contributed by atoms with Gasteiger partial charge in [0.05, 0.1) is 6.26 Å². The molecule has 0 aliphatic carbocycles. The van der Waals surface area contributed by atoms with E-state index in [1.807, 2.05) is 18.7 Å². The molecule has 0 saturated carbocycles. The van der Waals surface area contributed by atoms with Gasteiger partial charge in [0.25, 0.3) is 0 Å². The van der Waals surface area contributed by atoms with Crippen molar-refractivity contribution < 1.29 is 13.2 Å². The second-order valence-corrected chi connectivity index (χ2v) is 9.45. The van der Waals surface area contributed by atoms with Crippen LogP contribution in [0, 0.1) is 12.8 Å². The third-order valence-electron chi connectivity index (χ3n) is 4.61. The van der Waals surface area contributed by atoms with Gasteiger partial charge in [-0.1, -0.05) is 26.0 Å². The molecule has 1 aromatic carbocycles. The number of carbonyl (C=O) groups is 1. The van der Waals surface area contributed by atoms with Crippen LogP contribution in [0.15, 0.2) is 24.3 Å². The molecular formula is C19H31N3O3S. The van der Waals surface area contributed by atoms with Gasteiger partial charge >= 0.3 is 0 Å². The smallest absolute Gasteiger partial charge is 0.224 e. The summed E-state index contributed by atoms with van der Waals surface area (Å²) in [5.74, 6) is 0.268. The Hall–Kier alpha value is -1.60. The van der Waals surface area contributed by atoms with Crippen molar-refractivity contribution in [3.63, 3.8) is 0 Å².